The minimum Gasteiger partial charge on any atom is -0.395 e. The molecule has 1 aromatic heterocycles. The number of aromatic nitrogens is 1. The van der Waals surface area contributed by atoms with E-state index in [1.54, 1.807) is 0 Å². The summed E-state index contributed by atoms with van der Waals surface area (Å²) in [4.78, 5) is 6.37. The Morgan fingerprint density at radius 1 is 1.73 bits per heavy atom. The lowest BCUT2D eigenvalue weighted by Gasteiger charge is -2.33. The summed E-state index contributed by atoms with van der Waals surface area (Å²) in [7, 11) is 0. The van der Waals surface area contributed by atoms with Crippen LogP contribution in [0.15, 0.2) is 5.38 Å². The van der Waals surface area contributed by atoms with Crippen molar-refractivity contribution in [1.29, 1.82) is 0 Å². The molecule has 1 aliphatic heterocycles. The Hall–Kier alpha value is -0.200. The normalized spacial score (nSPS) is 23.2. The van der Waals surface area contributed by atoms with E-state index < -0.39 is 0 Å². The molecular formula is C9H13ClN2O2S. The predicted molar refractivity (Wildman–Crippen MR) is 59.2 cm³/mol. The summed E-state index contributed by atoms with van der Waals surface area (Å²) in [5, 5.41) is 11.1. The summed E-state index contributed by atoms with van der Waals surface area (Å²) >= 11 is 7.20. The zero-order chi connectivity index (χ0) is 10.7. The van der Waals surface area contributed by atoms with Gasteiger partial charge in [-0.15, -0.1) is 11.3 Å². The van der Waals surface area contributed by atoms with Crippen molar-refractivity contribution in [2.75, 3.05) is 26.4 Å². The molecule has 1 unspecified atom stereocenters. The number of ether oxygens (including phenoxy) is 1. The second-order valence-corrected chi connectivity index (χ2v) is 4.91. The third kappa shape index (κ3) is 2.89. The lowest BCUT2D eigenvalue weighted by atomic mass is 10.2. The molecule has 0 saturated carbocycles. The van der Waals surface area contributed by atoms with Gasteiger partial charge in [-0.05, 0) is 0 Å². The van der Waals surface area contributed by atoms with Crippen LogP contribution in [0.1, 0.15) is 5.69 Å². The Labute approximate surface area is 97.4 Å². The molecule has 15 heavy (non-hydrogen) atoms. The highest BCUT2D eigenvalue weighted by Gasteiger charge is 2.22. The summed E-state index contributed by atoms with van der Waals surface area (Å²) in [5.41, 5.74) is 0.963. The standard InChI is InChI=1S/C9H13ClN2O2S/c10-9-11-7(6-15-9)3-12-1-2-14-5-8(12)4-13/h6,8,13H,1-5H2. The quantitative estimate of drug-likeness (QED) is 0.867. The van der Waals surface area contributed by atoms with Gasteiger partial charge in [-0.25, -0.2) is 4.98 Å². The third-order valence-corrected chi connectivity index (χ3v) is 3.48. The first kappa shape index (κ1) is 11.3. The molecule has 1 N–H and O–H groups in total. The monoisotopic (exact) mass is 248 g/mol. The number of halogens is 1. The highest BCUT2D eigenvalue weighted by molar-refractivity contribution is 7.13. The summed E-state index contributed by atoms with van der Waals surface area (Å²) < 4.78 is 5.87. The van der Waals surface area contributed by atoms with Crippen LogP contribution in [0.4, 0.5) is 0 Å². The number of aliphatic hydroxyl groups excluding tert-OH is 1. The van der Waals surface area contributed by atoms with Gasteiger partial charge in [-0.2, -0.15) is 0 Å². The topological polar surface area (TPSA) is 45.6 Å². The van der Waals surface area contributed by atoms with Crippen LogP contribution in [0.25, 0.3) is 0 Å². The van der Waals surface area contributed by atoms with Crippen molar-refractivity contribution in [3.05, 3.63) is 15.5 Å². The number of aliphatic hydroxyl groups is 1. The fourth-order valence-corrected chi connectivity index (χ4v) is 2.40. The highest BCUT2D eigenvalue weighted by atomic mass is 35.5. The molecule has 0 amide bonds. The zero-order valence-corrected chi connectivity index (χ0v) is 9.80. The second-order valence-electron chi connectivity index (χ2n) is 3.47. The molecular weight excluding hydrogens is 236 g/mol. The maximum absolute atomic E-state index is 9.18. The molecule has 0 radical (unpaired) electrons. The van der Waals surface area contributed by atoms with Crippen LogP contribution < -0.4 is 0 Å². The van der Waals surface area contributed by atoms with Gasteiger partial charge < -0.3 is 9.84 Å². The van der Waals surface area contributed by atoms with E-state index in [1.165, 1.54) is 11.3 Å². The van der Waals surface area contributed by atoms with E-state index in [2.05, 4.69) is 9.88 Å². The van der Waals surface area contributed by atoms with Crippen LogP contribution in [0.5, 0.6) is 0 Å². The predicted octanol–water partition coefficient (Wildman–Crippen LogP) is 0.990. The van der Waals surface area contributed by atoms with E-state index in [0.717, 1.165) is 18.8 Å². The van der Waals surface area contributed by atoms with Crippen molar-refractivity contribution in [1.82, 2.24) is 9.88 Å². The van der Waals surface area contributed by atoms with Crippen LogP contribution in [0, 0.1) is 0 Å². The molecule has 1 aromatic rings. The first-order valence-electron chi connectivity index (χ1n) is 4.82. The first-order chi connectivity index (χ1) is 7.29. The highest BCUT2D eigenvalue weighted by Crippen LogP contribution is 2.18. The minimum absolute atomic E-state index is 0.0826. The van der Waals surface area contributed by atoms with E-state index in [1.807, 2.05) is 5.38 Å². The van der Waals surface area contributed by atoms with Crippen molar-refractivity contribution in [3.8, 4) is 0 Å². The van der Waals surface area contributed by atoms with Crippen LogP contribution in [0.3, 0.4) is 0 Å². The Morgan fingerprint density at radius 2 is 2.60 bits per heavy atom. The molecule has 84 valence electrons. The Kier molecular flexibility index (Phi) is 3.93. The summed E-state index contributed by atoms with van der Waals surface area (Å²) in [5.74, 6) is 0. The van der Waals surface area contributed by atoms with E-state index >= 15 is 0 Å². The lowest BCUT2D eigenvalue weighted by Crippen LogP contribution is -2.46. The lowest BCUT2D eigenvalue weighted by molar-refractivity contribution is -0.0316. The molecule has 1 aliphatic rings. The molecule has 0 aromatic carbocycles. The molecule has 1 saturated heterocycles. The van der Waals surface area contributed by atoms with E-state index in [9.17, 15) is 5.11 Å². The molecule has 6 heteroatoms. The third-order valence-electron chi connectivity index (χ3n) is 2.45. The molecule has 4 nitrogen and oxygen atoms in total. The number of thiazole rings is 1. The van der Waals surface area contributed by atoms with E-state index in [4.69, 9.17) is 16.3 Å². The van der Waals surface area contributed by atoms with Crippen LogP contribution in [0.2, 0.25) is 4.47 Å². The van der Waals surface area contributed by atoms with Crippen LogP contribution in [-0.2, 0) is 11.3 Å². The average Bonchev–Trinajstić information content (AvgIpc) is 2.65. The van der Waals surface area contributed by atoms with Crippen LogP contribution in [-0.4, -0.2) is 47.4 Å². The average molecular weight is 249 g/mol. The van der Waals surface area contributed by atoms with Gasteiger partial charge in [0, 0.05) is 18.5 Å². The van der Waals surface area contributed by atoms with Gasteiger partial charge in [0.1, 0.15) is 0 Å². The Morgan fingerprint density at radius 3 is 3.27 bits per heavy atom. The maximum Gasteiger partial charge on any atom is 0.183 e. The van der Waals surface area contributed by atoms with Crippen molar-refractivity contribution >= 4 is 22.9 Å². The molecule has 2 heterocycles. The van der Waals surface area contributed by atoms with E-state index in [-0.39, 0.29) is 12.6 Å². The molecule has 0 bridgehead atoms. The SMILES string of the molecule is OCC1COCCN1Cc1csc(Cl)n1. The van der Waals surface area contributed by atoms with Crippen molar-refractivity contribution in [2.24, 2.45) is 0 Å². The molecule has 0 aliphatic carbocycles. The summed E-state index contributed by atoms with van der Waals surface area (Å²) in [6.07, 6.45) is 0. The summed E-state index contributed by atoms with van der Waals surface area (Å²) in [6.45, 7) is 3.00. The van der Waals surface area contributed by atoms with Crippen molar-refractivity contribution < 1.29 is 9.84 Å². The number of nitrogens with zero attached hydrogens (tertiary/aromatic N) is 2. The Balaban J connectivity index is 1.97. The zero-order valence-electron chi connectivity index (χ0n) is 8.23. The fourth-order valence-electron chi connectivity index (χ4n) is 1.63. The smallest absolute Gasteiger partial charge is 0.183 e. The largest absolute Gasteiger partial charge is 0.395 e. The van der Waals surface area contributed by atoms with Gasteiger partial charge in [0.25, 0.3) is 0 Å². The number of hydrogen-bond donors (Lipinski definition) is 1. The van der Waals surface area contributed by atoms with Gasteiger partial charge >= 0.3 is 0 Å². The van der Waals surface area contributed by atoms with Gasteiger partial charge in [0.2, 0.25) is 0 Å². The van der Waals surface area contributed by atoms with Crippen molar-refractivity contribution in [3.63, 3.8) is 0 Å². The maximum atomic E-state index is 9.18. The van der Waals surface area contributed by atoms with Gasteiger partial charge in [0.05, 0.1) is 31.6 Å². The van der Waals surface area contributed by atoms with E-state index in [0.29, 0.717) is 17.7 Å². The number of morpholine rings is 1. The number of hydrogen-bond acceptors (Lipinski definition) is 5. The first-order valence-corrected chi connectivity index (χ1v) is 6.08. The fraction of sp³-hybridized carbons (Fsp3) is 0.667. The number of rotatable bonds is 3. The van der Waals surface area contributed by atoms with Crippen molar-refractivity contribution in [2.45, 2.75) is 12.6 Å². The minimum atomic E-state index is 0.0826. The summed E-state index contributed by atoms with van der Waals surface area (Å²) in [6, 6.07) is 0.0826. The molecule has 2 rings (SSSR count). The van der Waals surface area contributed by atoms with Crippen LogP contribution >= 0.6 is 22.9 Å². The molecule has 1 fully saturated rings. The second kappa shape index (κ2) is 5.23. The van der Waals surface area contributed by atoms with Gasteiger partial charge in [-0.3, -0.25) is 4.90 Å². The van der Waals surface area contributed by atoms with Gasteiger partial charge in [0.15, 0.2) is 4.47 Å². The molecule has 0 spiro atoms. The van der Waals surface area contributed by atoms with Gasteiger partial charge in [-0.1, -0.05) is 11.6 Å². The Bertz CT molecular complexity index is 321. The molecule has 1 atom stereocenters.